The van der Waals surface area contributed by atoms with Gasteiger partial charge in [-0.15, -0.1) is 0 Å². The van der Waals surface area contributed by atoms with Gasteiger partial charge in [-0.05, 0) is 73.3 Å². The number of ether oxygens (including phenoxy) is 2. The van der Waals surface area contributed by atoms with E-state index >= 15 is 0 Å². The van der Waals surface area contributed by atoms with Gasteiger partial charge < -0.3 is 14.4 Å². The highest BCUT2D eigenvalue weighted by atomic mass is 79.9. The predicted octanol–water partition coefficient (Wildman–Crippen LogP) is 6.05. The standard InChI is InChI=1S/C22H25BrN2O3/c1-22(2,3)28-21(26)25-12-10-16(11-13-25)14-17-6-4-7-18(15-17)27-20-9-5-8-19(23)24-20/h4-9,14-15H,10-13H2,1-3H3. The summed E-state index contributed by atoms with van der Waals surface area (Å²) >= 11 is 3.35. The van der Waals surface area contributed by atoms with Crippen LogP contribution in [0.25, 0.3) is 6.08 Å². The molecule has 2 heterocycles. The Kier molecular flexibility index (Phi) is 6.39. The van der Waals surface area contributed by atoms with Gasteiger partial charge in [0, 0.05) is 19.2 Å². The van der Waals surface area contributed by atoms with Crippen LogP contribution in [0.5, 0.6) is 11.6 Å². The van der Waals surface area contributed by atoms with Gasteiger partial charge in [0.05, 0.1) is 0 Å². The summed E-state index contributed by atoms with van der Waals surface area (Å²) in [6, 6.07) is 13.5. The number of halogens is 1. The third-order valence-corrected chi connectivity index (χ3v) is 4.64. The Balaban J connectivity index is 1.61. The summed E-state index contributed by atoms with van der Waals surface area (Å²) < 4.78 is 12.0. The molecule has 0 spiro atoms. The van der Waals surface area contributed by atoms with Crippen molar-refractivity contribution in [2.75, 3.05) is 13.1 Å². The second-order valence-electron chi connectivity index (χ2n) is 7.74. The Labute approximate surface area is 174 Å². The van der Waals surface area contributed by atoms with E-state index in [0.717, 1.165) is 28.8 Å². The number of amides is 1. The van der Waals surface area contributed by atoms with Crippen LogP contribution < -0.4 is 4.74 Å². The molecule has 6 heteroatoms. The van der Waals surface area contributed by atoms with Crippen molar-refractivity contribution < 1.29 is 14.3 Å². The number of nitrogens with zero attached hydrogens (tertiary/aromatic N) is 2. The van der Waals surface area contributed by atoms with Crippen LogP contribution >= 0.6 is 15.9 Å². The van der Waals surface area contributed by atoms with Crippen molar-refractivity contribution in [1.29, 1.82) is 0 Å². The summed E-state index contributed by atoms with van der Waals surface area (Å²) in [6.45, 7) is 7.02. The average Bonchev–Trinajstić information content (AvgIpc) is 2.61. The van der Waals surface area contributed by atoms with Crippen molar-refractivity contribution in [3.8, 4) is 11.6 Å². The highest BCUT2D eigenvalue weighted by molar-refractivity contribution is 9.10. The van der Waals surface area contributed by atoms with Crippen molar-refractivity contribution in [2.45, 2.75) is 39.2 Å². The Hall–Kier alpha value is -2.34. The molecule has 1 saturated heterocycles. The first-order valence-corrected chi connectivity index (χ1v) is 10.2. The van der Waals surface area contributed by atoms with Crippen molar-refractivity contribution in [1.82, 2.24) is 9.88 Å². The molecule has 1 fully saturated rings. The Morgan fingerprint density at radius 3 is 2.54 bits per heavy atom. The van der Waals surface area contributed by atoms with Gasteiger partial charge in [-0.2, -0.15) is 0 Å². The van der Waals surface area contributed by atoms with E-state index < -0.39 is 5.60 Å². The third-order valence-electron chi connectivity index (χ3n) is 4.20. The molecule has 0 saturated carbocycles. The molecule has 1 aliphatic rings. The van der Waals surface area contributed by atoms with E-state index in [1.807, 2.05) is 57.2 Å². The summed E-state index contributed by atoms with van der Waals surface area (Å²) in [5, 5.41) is 0. The molecule has 0 unspecified atom stereocenters. The lowest BCUT2D eigenvalue weighted by Crippen LogP contribution is -2.40. The van der Waals surface area contributed by atoms with Gasteiger partial charge in [-0.3, -0.25) is 0 Å². The molecule has 0 radical (unpaired) electrons. The van der Waals surface area contributed by atoms with Gasteiger partial charge in [-0.1, -0.05) is 29.8 Å². The molecule has 0 N–H and O–H groups in total. The summed E-state index contributed by atoms with van der Waals surface area (Å²) in [6.07, 6.45) is 3.63. The highest BCUT2D eigenvalue weighted by Gasteiger charge is 2.24. The fourth-order valence-corrected chi connectivity index (χ4v) is 3.25. The Bertz CT molecular complexity index is 864. The molecule has 0 bridgehead atoms. The molecule has 148 valence electrons. The fourth-order valence-electron chi connectivity index (χ4n) is 2.92. The van der Waals surface area contributed by atoms with Gasteiger partial charge in [0.25, 0.3) is 0 Å². The molecule has 2 aromatic rings. The largest absolute Gasteiger partial charge is 0.444 e. The number of aromatic nitrogens is 1. The van der Waals surface area contributed by atoms with E-state index in [4.69, 9.17) is 9.47 Å². The first-order valence-electron chi connectivity index (χ1n) is 9.36. The molecule has 5 nitrogen and oxygen atoms in total. The minimum Gasteiger partial charge on any atom is -0.444 e. The number of likely N-dealkylation sites (tertiary alicyclic amines) is 1. The van der Waals surface area contributed by atoms with Crippen molar-refractivity contribution in [3.05, 3.63) is 58.2 Å². The van der Waals surface area contributed by atoms with Crippen LogP contribution in [0.3, 0.4) is 0 Å². The van der Waals surface area contributed by atoms with Crippen LogP contribution in [0.2, 0.25) is 0 Å². The van der Waals surface area contributed by atoms with Crippen molar-refractivity contribution in [3.63, 3.8) is 0 Å². The second kappa shape index (κ2) is 8.78. The van der Waals surface area contributed by atoms with Crippen molar-refractivity contribution in [2.24, 2.45) is 0 Å². The lowest BCUT2D eigenvalue weighted by Gasteiger charge is -2.31. The number of carbonyl (C=O) groups is 1. The maximum absolute atomic E-state index is 12.2. The molecule has 0 aliphatic carbocycles. The number of benzene rings is 1. The Morgan fingerprint density at radius 2 is 1.86 bits per heavy atom. The van der Waals surface area contributed by atoms with Crippen molar-refractivity contribution >= 4 is 28.1 Å². The van der Waals surface area contributed by atoms with Crippen LogP contribution in [0, 0.1) is 0 Å². The molecule has 28 heavy (non-hydrogen) atoms. The van der Waals surface area contributed by atoms with Crippen LogP contribution in [0.15, 0.2) is 52.6 Å². The SMILES string of the molecule is CC(C)(C)OC(=O)N1CCC(=Cc2cccc(Oc3cccc(Br)n3)c2)CC1. The molecule has 3 rings (SSSR count). The first kappa shape index (κ1) is 20.4. The molecular weight excluding hydrogens is 420 g/mol. The topological polar surface area (TPSA) is 51.7 Å². The molecule has 1 aromatic heterocycles. The van der Waals surface area contributed by atoms with Crippen LogP contribution in [0.4, 0.5) is 4.79 Å². The molecule has 1 aliphatic heterocycles. The van der Waals surface area contributed by atoms with Gasteiger partial charge in [0.2, 0.25) is 5.88 Å². The zero-order chi connectivity index (χ0) is 20.1. The summed E-state index contributed by atoms with van der Waals surface area (Å²) in [5.74, 6) is 1.29. The van der Waals surface area contributed by atoms with Crippen LogP contribution in [-0.2, 0) is 4.74 Å². The summed E-state index contributed by atoms with van der Waals surface area (Å²) in [5.41, 5.74) is 1.93. The molecular formula is C22H25BrN2O3. The number of carbonyl (C=O) groups excluding carboxylic acids is 1. The summed E-state index contributed by atoms with van der Waals surface area (Å²) in [7, 11) is 0. The van der Waals surface area contributed by atoms with Gasteiger partial charge in [0.1, 0.15) is 16.0 Å². The zero-order valence-corrected chi connectivity index (χ0v) is 18.0. The minimum atomic E-state index is -0.461. The number of rotatable bonds is 3. The monoisotopic (exact) mass is 444 g/mol. The Morgan fingerprint density at radius 1 is 1.14 bits per heavy atom. The molecule has 1 amide bonds. The zero-order valence-electron chi connectivity index (χ0n) is 16.4. The van der Waals surface area contributed by atoms with Crippen LogP contribution in [-0.4, -0.2) is 34.7 Å². The fraction of sp³-hybridized carbons (Fsp3) is 0.364. The predicted molar refractivity (Wildman–Crippen MR) is 113 cm³/mol. The maximum Gasteiger partial charge on any atom is 0.410 e. The van der Waals surface area contributed by atoms with Gasteiger partial charge >= 0.3 is 6.09 Å². The average molecular weight is 445 g/mol. The first-order chi connectivity index (χ1) is 13.3. The van der Waals surface area contributed by atoms with Gasteiger partial charge in [-0.25, -0.2) is 9.78 Å². The van der Waals surface area contributed by atoms with E-state index in [2.05, 4.69) is 33.1 Å². The van der Waals surface area contributed by atoms with Crippen LogP contribution in [0.1, 0.15) is 39.2 Å². The third kappa shape index (κ3) is 6.09. The summed E-state index contributed by atoms with van der Waals surface area (Å²) in [4.78, 5) is 18.3. The number of pyridine rings is 1. The smallest absolute Gasteiger partial charge is 0.410 e. The number of piperidine rings is 1. The second-order valence-corrected chi connectivity index (χ2v) is 8.56. The lowest BCUT2D eigenvalue weighted by molar-refractivity contribution is 0.0237. The normalized spacial score (nSPS) is 14.6. The molecule has 0 atom stereocenters. The van der Waals surface area contributed by atoms with E-state index in [-0.39, 0.29) is 6.09 Å². The van der Waals surface area contributed by atoms with E-state index in [1.165, 1.54) is 5.57 Å². The molecule has 1 aromatic carbocycles. The van der Waals surface area contributed by atoms with E-state index in [1.54, 1.807) is 4.90 Å². The quantitative estimate of drug-likeness (QED) is 0.540. The minimum absolute atomic E-state index is 0.233. The number of hydrogen-bond donors (Lipinski definition) is 0. The number of hydrogen-bond acceptors (Lipinski definition) is 4. The lowest BCUT2D eigenvalue weighted by atomic mass is 10.0. The highest BCUT2D eigenvalue weighted by Crippen LogP contribution is 2.25. The maximum atomic E-state index is 12.2. The van der Waals surface area contributed by atoms with E-state index in [9.17, 15) is 4.79 Å². The van der Waals surface area contributed by atoms with E-state index in [0.29, 0.717) is 19.0 Å². The van der Waals surface area contributed by atoms with Gasteiger partial charge in [0.15, 0.2) is 0 Å².